The van der Waals surface area contributed by atoms with E-state index < -0.39 is 40.5 Å². The van der Waals surface area contributed by atoms with E-state index in [-0.39, 0.29) is 28.3 Å². The Kier molecular flexibility index (Phi) is 8.72. The molecule has 0 saturated heterocycles. The van der Waals surface area contributed by atoms with Crippen molar-refractivity contribution < 1.29 is 40.7 Å². The van der Waals surface area contributed by atoms with E-state index >= 15 is 0 Å². The van der Waals surface area contributed by atoms with Crippen molar-refractivity contribution in [1.29, 1.82) is 0 Å². The Bertz CT molecular complexity index is 1360. The number of alkyl halides is 3. The van der Waals surface area contributed by atoms with Crippen LogP contribution in [0.5, 0.6) is 11.9 Å². The standard InChI is InChI=1S/C23H22F3N5O6S/c1-36-20-13-18(29-22(30-20)37-2)31-38(34,35)16-10-8-15(9-11-16)27-19(32)12-17(14-6-4-3-5-7-14)28-21(33)23(24,25)26/h3-11,13,17H,12H2,1-2H3,(H,27,32)(H,28,33)(H,29,30,31). The molecule has 3 rings (SSSR count). The number of nitrogens with one attached hydrogen (secondary N) is 3. The molecule has 0 spiro atoms. The van der Waals surface area contributed by atoms with Gasteiger partial charge in [-0.2, -0.15) is 23.1 Å². The van der Waals surface area contributed by atoms with Crippen LogP contribution in [0.4, 0.5) is 24.7 Å². The maximum Gasteiger partial charge on any atom is 0.471 e. The number of benzene rings is 2. The Morgan fingerprint density at radius 3 is 2.21 bits per heavy atom. The highest BCUT2D eigenvalue weighted by atomic mass is 32.2. The van der Waals surface area contributed by atoms with Gasteiger partial charge in [-0.1, -0.05) is 30.3 Å². The fraction of sp³-hybridized carbons (Fsp3) is 0.217. The summed E-state index contributed by atoms with van der Waals surface area (Å²) in [6, 6.07) is 12.6. The van der Waals surface area contributed by atoms with Crippen LogP contribution in [0.1, 0.15) is 18.0 Å². The number of anilines is 2. The quantitative estimate of drug-likeness (QED) is 0.347. The second-order valence-corrected chi connectivity index (χ2v) is 9.28. The first-order valence-corrected chi connectivity index (χ1v) is 12.2. The van der Waals surface area contributed by atoms with Crippen LogP contribution in [0.25, 0.3) is 0 Å². The fourth-order valence-corrected chi connectivity index (χ4v) is 4.13. The molecule has 15 heteroatoms. The van der Waals surface area contributed by atoms with Crippen LogP contribution in [0.2, 0.25) is 0 Å². The summed E-state index contributed by atoms with van der Waals surface area (Å²) >= 11 is 0. The van der Waals surface area contributed by atoms with Crippen molar-refractivity contribution in [2.75, 3.05) is 24.3 Å². The molecule has 11 nitrogen and oxygen atoms in total. The summed E-state index contributed by atoms with van der Waals surface area (Å²) in [6.07, 6.45) is -5.63. The van der Waals surface area contributed by atoms with Crippen LogP contribution < -0.4 is 24.8 Å². The van der Waals surface area contributed by atoms with Gasteiger partial charge in [-0.25, -0.2) is 8.42 Å². The van der Waals surface area contributed by atoms with Crippen LogP contribution in [-0.4, -0.2) is 50.6 Å². The number of hydrogen-bond acceptors (Lipinski definition) is 8. The average molecular weight is 554 g/mol. The van der Waals surface area contributed by atoms with Gasteiger partial charge in [0.25, 0.3) is 10.0 Å². The molecule has 0 radical (unpaired) electrons. The number of nitrogens with zero attached hydrogens (tertiary/aromatic N) is 2. The Hall–Kier alpha value is -4.40. The molecule has 0 saturated carbocycles. The first-order chi connectivity index (χ1) is 17.9. The van der Waals surface area contributed by atoms with Crippen molar-refractivity contribution in [3.63, 3.8) is 0 Å². The average Bonchev–Trinajstić information content (AvgIpc) is 2.88. The summed E-state index contributed by atoms with van der Waals surface area (Å²) in [7, 11) is -1.48. The van der Waals surface area contributed by atoms with Gasteiger partial charge < -0.3 is 20.1 Å². The third-order valence-corrected chi connectivity index (χ3v) is 6.29. The van der Waals surface area contributed by atoms with Gasteiger partial charge >= 0.3 is 18.1 Å². The molecule has 0 aliphatic heterocycles. The van der Waals surface area contributed by atoms with E-state index in [4.69, 9.17) is 9.47 Å². The molecule has 0 bridgehead atoms. The maximum absolute atomic E-state index is 12.8. The zero-order valence-electron chi connectivity index (χ0n) is 19.9. The van der Waals surface area contributed by atoms with E-state index in [1.165, 1.54) is 56.7 Å². The van der Waals surface area contributed by atoms with Crippen LogP contribution in [0, 0.1) is 0 Å². The molecule has 3 aromatic rings. The van der Waals surface area contributed by atoms with Crippen LogP contribution in [0.3, 0.4) is 0 Å². The Balaban J connectivity index is 1.70. The topological polar surface area (TPSA) is 149 Å². The smallest absolute Gasteiger partial charge is 0.471 e. The third-order valence-electron chi connectivity index (χ3n) is 4.92. The third kappa shape index (κ3) is 7.55. The van der Waals surface area contributed by atoms with Gasteiger partial charge in [0, 0.05) is 11.8 Å². The van der Waals surface area contributed by atoms with E-state index in [2.05, 4.69) is 20.0 Å². The van der Waals surface area contributed by atoms with Gasteiger partial charge in [-0.15, -0.1) is 0 Å². The zero-order chi connectivity index (χ0) is 27.9. The summed E-state index contributed by atoms with van der Waals surface area (Å²) in [5.74, 6) is -2.94. The minimum atomic E-state index is -5.12. The van der Waals surface area contributed by atoms with E-state index in [1.807, 2.05) is 5.32 Å². The summed E-state index contributed by atoms with van der Waals surface area (Å²) in [4.78, 5) is 31.6. The number of carbonyl (C=O) groups excluding carboxylic acids is 2. The number of rotatable bonds is 10. The number of aromatic nitrogens is 2. The van der Waals surface area contributed by atoms with Crippen molar-refractivity contribution in [1.82, 2.24) is 15.3 Å². The number of sulfonamides is 1. The first kappa shape index (κ1) is 28.2. The van der Waals surface area contributed by atoms with Crippen molar-refractivity contribution in [2.24, 2.45) is 0 Å². The second-order valence-electron chi connectivity index (χ2n) is 7.60. The number of amides is 2. The summed E-state index contributed by atoms with van der Waals surface area (Å²) in [5, 5.41) is 4.29. The van der Waals surface area contributed by atoms with Gasteiger partial charge in [-0.3, -0.25) is 14.3 Å². The zero-order valence-corrected chi connectivity index (χ0v) is 20.8. The molecule has 1 atom stereocenters. The summed E-state index contributed by atoms with van der Waals surface area (Å²) in [5.41, 5.74) is 0.471. The number of ether oxygens (including phenoxy) is 2. The van der Waals surface area contributed by atoms with Crippen molar-refractivity contribution in [2.45, 2.75) is 23.5 Å². The molecule has 1 unspecified atom stereocenters. The lowest BCUT2D eigenvalue weighted by Gasteiger charge is -2.20. The van der Waals surface area contributed by atoms with Gasteiger partial charge in [0.2, 0.25) is 11.8 Å². The van der Waals surface area contributed by atoms with Crippen molar-refractivity contribution in [3.05, 3.63) is 66.2 Å². The van der Waals surface area contributed by atoms with Crippen LogP contribution in [-0.2, 0) is 19.6 Å². The van der Waals surface area contributed by atoms with Crippen molar-refractivity contribution in [3.8, 4) is 11.9 Å². The van der Waals surface area contributed by atoms with Gasteiger partial charge in [0.1, 0.15) is 0 Å². The molecule has 0 fully saturated rings. The number of methoxy groups -OCH3 is 2. The highest BCUT2D eigenvalue weighted by Gasteiger charge is 2.40. The predicted octanol–water partition coefficient (Wildman–Crippen LogP) is 3.04. The van der Waals surface area contributed by atoms with Crippen molar-refractivity contribution >= 4 is 33.3 Å². The molecular formula is C23H22F3N5O6S. The van der Waals surface area contributed by atoms with E-state index in [9.17, 15) is 31.2 Å². The second kappa shape index (κ2) is 11.8. The molecule has 2 amide bonds. The summed E-state index contributed by atoms with van der Waals surface area (Å²) in [6.45, 7) is 0. The van der Waals surface area contributed by atoms with Gasteiger partial charge in [0.15, 0.2) is 5.82 Å². The number of carbonyl (C=O) groups is 2. The minimum Gasteiger partial charge on any atom is -0.481 e. The lowest BCUT2D eigenvalue weighted by Crippen LogP contribution is -2.40. The Morgan fingerprint density at radius 2 is 1.63 bits per heavy atom. The van der Waals surface area contributed by atoms with Gasteiger partial charge in [0.05, 0.1) is 31.6 Å². The molecule has 1 aromatic heterocycles. The van der Waals surface area contributed by atoms with E-state index in [0.717, 1.165) is 0 Å². The molecule has 2 aromatic carbocycles. The SMILES string of the molecule is COc1cc(NS(=O)(=O)c2ccc(NC(=O)CC(NC(=O)C(F)(F)F)c3ccccc3)cc2)nc(OC)n1. The maximum atomic E-state index is 12.8. The number of halogens is 3. The van der Waals surface area contributed by atoms with Gasteiger partial charge in [-0.05, 0) is 29.8 Å². The van der Waals surface area contributed by atoms with Crippen LogP contribution >= 0.6 is 0 Å². The largest absolute Gasteiger partial charge is 0.481 e. The Morgan fingerprint density at radius 1 is 0.974 bits per heavy atom. The lowest BCUT2D eigenvalue weighted by molar-refractivity contribution is -0.174. The first-order valence-electron chi connectivity index (χ1n) is 10.7. The lowest BCUT2D eigenvalue weighted by atomic mass is 10.0. The number of hydrogen-bond donors (Lipinski definition) is 3. The van der Waals surface area contributed by atoms with E-state index in [0.29, 0.717) is 5.56 Å². The van der Waals surface area contributed by atoms with E-state index in [1.54, 1.807) is 18.2 Å². The predicted molar refractivity (Wildman–Crippen MR) is 129 cm³/mol. The fourth-order valence-electron chi connectivity index (χ4n) is 3.14. The molecule has 0 aliphatic rings. The monoisotopic (exact) mass is 553 g/mol. The molecule has 3 N–H and O–H groups in total. The molecule has 202 valence electrons. The highest BCUT2D eigenvalue weighted by molar-refractivity contribution is 7.92. The molecule has 1 heterocycles. The molecular weight excluding hydrogens is 531 g/mol. The Labute approximate surface area is 215 Å². The minimum absolute atomic E-state index is 0.0628. The molecule has 38 heavy (non-hydrogen) atoms. The van der Waals surface area contributed by atoms with Crippen LogP contribution in [0.15, 0.2) is 65.6 Å². The highest BCUT2D eigenvalue weighted by Crippen LogP contribution is 2.24. The normalized spacial score (nSPS) is 12.2. The molecule has 0 aliphatic carbocycles. The summed E-state index contributed by atoms with van der Waals surface area (Å²) < 4.78 is 76.0.